The number of pyridine rings is 1. The van der Waals surface area contributed by atoms with Crippen LogP contribution in [0.4, 0.5) is 4.39 Å². The summed E-state index contributed by atoms with van der Waals surface area (Å²) in [6.45, 7) is 5.01. The molecular formula is C11H12FNO2. The summed E-state index contributed by atoms with van der Waals surface area (Å²) < 4.78 is 12.8. The first-order valence-electron chi connectivity index (χ1n) is 4.44. The minimum Gasteiger partial charge on any atom is -0.481 e. The Balaban J connectivity index is 2.93. The molecule has 3 nitrogen and oxygen atoms in total. The topological polar surface area (TPSA) is 50.2 Å². The molecule has 0 amide bonds. The summed E-state index contributed by atoms with van der Waals surface area (Å²) in [5.74, 6) is -1.45. The van der Waals surface area contributed by atoms with Crippen LogP contribution in [0.25, 0.3) is 0 Å². The number of carboxylic acid groups (broad SMARTS) is 1. The van der Waals surface area contributed by atoms with Crippen LogP contribution in [0.5, 0.6) is 0 Å². The molecule has 1 aromatic rings. The lowest BCUT2D eigenvalue weighted by molar-refractivity contribution is -0.145. The number of carboxylic acids is 1. The highest BCUT2D eigenvalue weighted by Crippen LogP contribution is 2.24. The maximum atomic E-state index is 12.8. The average Bonchev–Trinajstić information content (AvgIpc) is 2.17. The predicted octanol–water partition coefficient (Wildman–Crippen LogP) is 2.04. The van der Waals surface area contributed by atoms with Gasteiger partial charge < -0.3 is 5.11 Å². The second-order valence-electron chi connectivity index (χ2n) is 3.61. The number of carbonyl (C=O) groups is 1. The largest absolute Gasteiger partial charge is 0.481 e. The second-order valence-corrected chi connectivity index (χ2v) is 3.61. The van der Waals surface area contributed by atoms with Gasteiger partial charge in [-0.1, -0.05) is 6.08 Å². The van der Waals surface area contributed by atoms with Crippen LogP contribution >= 0.6 is 0 Å². The molecule has 4 heteroatoms. The molecule has 0 spiro atoms. The Morgan fingerprint density at radius 1 is 1.73 bits per heavy atom. The van der Waals surface area contributed by atoms with E-state index >= 15 is 0 Å². The molecule has 0 bridgehead atoms. The Morgan fingerprint density at radius 3 is 2.87 bits per heavy atom. The standard InChI is InChI=1S/C11H12FNO2/c1-3-11(2,10(14)15)5-8-4-9(12)7-13-6-8/h3-4,6-7H,1,5H2,2H3,(H,14,15). The van der Waals surface area contributed by atoms with E-state index in [2.05, 4.69) is 11.6 Å². The summed E-state index contributed by atoms with van der Waals surface area (Å²) in [5.41, 5.74) is -0.546. The van der Waals surface area contributed by atoms with Gasteiger partial charge in [-0.2, -0.15) is 0 Å². The van der Waals surface area contributed by atoms with Crippen molar-refractivity contribution in [3.63, 3.8) is 0 Å². The molecule has 1 rings (SSSR count). The van der Waals surface area contributed by atoms with Crippen molar-refractivity contribution >= 4 is 5.97 Å². The molecule has 1 aromatic heterocycles. The van der Waals surface area contributed by atoms with Gasteiger partial charge in [0, 0.05) is 6.20 Å². The Morgan fingerprint density at radius 2 is 2.40 bits per heavy atom. The fourth-order valence-electron chi connectivity index (χ4n) is 1.21. The zero-order chi connectivity index (χ0) is 11.5. The molecule has 0 fully saturated rings. The number of hydrogen-bond donors (Lipinski definition) is 1. The highest BCUT2D eigenvalue weighted by atomic mass is 19.1. The van der Waals surface area contributed by atoms with Crippen LogP contribution in [-0.2, 0) is 11.2 Å². The number of rotatable bonds is 4. The summed E-state index contributed by atoms with van der Waals surface area (Å²) in [5, 5.41) is 8.98. The first kappa shape index (κ1) is 11.4. The monoisotopic (exact) mass is 209 g/mol. The van der Waals surface area contributed by atoms with Crippen molar-refractivity contribution in [1.29, 1.82) is 0 Å². The summed E-state index contributed by atoms with van der Waals surface area (Å²) in [7, 11) is 0. The third kappa shape index (κ3) is 2.62. The van der Waals surface area contributed by atoms with Gasteiger partial charge >= 0.3 is 5.97 Å². The van der Waals surface area contributed by atoms with Gasteiger partial charge in [0.2, 0.25) is 0 Å². The smallest absolute Gasteiger partial charge is 0.313 e. The summed E-state index contributed by atoms with van der Waals surface area (Å²) in [6.07, 6.45) is 4.06. The number of nitrogens with zero attached hydrogens (tertiary/aromatic N) is 1. The first-order chi connectivity index (χ1) is 6.98. The lowest BCUT2D eigenvalue weighted by atomic mass is 9.84. The van der Waals surface area contributed by atoms with E-state index in [0.717, 1.165) is 6.20 Å². The van der Waals surface area contributed by atoms with Crippen LogP contribution in [-0.4, -0.2) is 16.1 Å². The van der Waals surface area contributed by atoms with E-state index in [1.54, 1.807) is 0 Å². The van der Waals surface area contributed by atoms with E-state index in [9.17, 15) is 9.18 Å². The molecule has 0 saturated heterocycles. The quantitative estimate of drug-likeness (QED) is 0.772. The van der Waals surface area contributed by atoms with Crippen LogP contribution in [0.15, 0.2) is 31.1 Å². The van der Waals surface area contributed by atoms with Crippen molar-refractivity contribution < 1.29 is 14.3 Å². The number of aromatic nitrogens is 1. The molecule has 0 saturated carbocycles. The van der Waals surface area contributed by atoms with Crippen molar-refractivity contribution in [3.05, 3.63) is 42.5 Å². The van der Waals surface area contributed by atoms with Crippen molar-refractivity contribution in [2.75, 3.05) is 0 Å². The summed E-state index contributed by atoms with van der Waals surface area (Å²) >= 11 is 0. The van der Waals surface area contributed by atoms with Gasteiger partial charge in [0.15, 0.2) is 0 Å². The van der Waals surface area contributed by atoms with E-state index in [-0.39, 0.29) is 6.42 Å². The van der Waals surface area contributed by atoms with Crippen LogP contribution in [0.2, 0.25) is 0 Å². The summed E-state index contributed by atoms with van der Waals surface area (Å²) in [6, 6.07) is 1.28. The number of halogens is 1. The third-order valence-corrected chi connectivity index (χ3v) is 2.27. The van der Waals surface area contributed by atoms with Crippen LogP contribution in [0.3, 0.4) is 0 Å². The molecule has 1 N–H and O–H groups in total. The fourth-order valence-corrected chi connectivity index (χ4v) is 1.21. The molecule has 15 heavy (non-hydrogen) atoms. The van der Waals surface area contributed by atoms with Gasteiger partial charge in [0.05, 0.1) is 11.6 Å². The van der Waals surface area contributed by atoms with Gasteiger partial charge in [-0.25, -0.2) is 4.39 Å². The minimum atomic E-state index is -1.09. The normalized spacial score (nSPS) is 14.3. The molecule has 1 unspecified atom stereocenters. The van der Waals surface area contributed by atoms with Crippen molar-refractivity contribution in [3.8, 4) is 0 Å². The fraction of sp³-hybridized carbons (Fsp3) is 0.273. The van der Waals surface area contributed by atoms with E-state index < -0.39 is 17.2 Å². The molecule has 1 atom stereocenters. The second kappa shape index (κ2) is 4.21. The van der Waals surface area contributed by atoms with Gasteiger partial charge in [-0.15, -0.1) is 6.58 Å². The molecule has 0 aliphatic heterocycles. The predicted molar refractivity (Wildman–Crippen MR) is 53.8 cm³/mol. The van der Waals surface area contributed by atoms with Crippen LogP contribution in [0, 0.1) is 11.2 Å². The lowest BCUT2D eigenvalue weighted by Crippen LogP contribution is -2.27. The first-order valence-corrected chi connectivity index (χ1v) is 4.44. The number of aliphatic carboxylic acids is 1. The molecule has 0 aromatic carbocycles. The zero-order valence-corrected chi connectivity index (χ0v) is 8.40. The molecule has 0 aliphatic rings. The van der Waals surface area contributed by atoms with Crippen LogP contribution < -0.4 is 0 Å². The van der Waals surface area contributed by atoms with Gasteiger partial charge in [0.1, 0.15) is 5.82 Å². The van der Waals surface area contributed by atoms with Crippen molar-refractivity contribution in [2.45, 2.75) is 13.3 Å². The molecule has 0 radical (unpaired) electrons. The highest BCUT2D eigenvalue weighted by Gasteiger charge is 2.29. The van der Waals surface area contributed by atoms with E-state index in [0.29, 0.717) is 5.56 Å². The average molecular weight is 209 g/mol. The SMILES string of the molecule is C=CC(C)(Cc1cncc(F)c1)C(=O)O. The third-order valence-electron chi connectivity index (χ3n) is 2.27. The molecule has 0 aliphatic carbocycles. The van der Waals surface area contributed by atoms with Crippen LogP contribution in [0.1, 0.15) is 12.5 Å². The van der Waals surface area contributed by atoms with Gasteiger partial charge in [-0.3, -0.25) is 9.78 Å². The Kier molecular flexibility index (Phi) is 3.19. The van der Waals surface area contributed by atoms with Crippen molar-refractivity contribution in [2.24, 2.45) is 5.41 Å². The highest BCUT2D eigenvalue weighted by molar-refractivity contribution is 5.76. The lowest BCUT2D eigenvalue weighted by Gasteiger charge is -2.19. The Hall–Kier alpha value is -1.71. The van der Waals surface area contributed by atoms with E-state index in [1.165, 1.54) is 25.3 Å². The van der Waals surface area contributed by atoms with Gasteiger partial charge in [0.25, 0.3) is 0 Å². The molecular weight excluding hydrogens is 197 g/mol. The van der Waals surface area contributed by atoms with E-state index in [4.69, 9.17) is 5.11 Å². The Bertz CT molecular complexity index is 392. The Labute approximate surface area is 87.3 Å². The maximum absolute atomic E-state index is 12.8. The number of hydrogen-bond acceptors (Lipinski definition) is 2. The van der Waals surface area contributed by atoms with Gasteiger partial charge in [-0.05, 0) is 25.0 Å². The molecule has 1 heterocycles. The maximum Gasteiger partial charge on any atom is 0.313 e. The van der Waals surface area contributed by atoms with Crippen molar-refractivity contribution in [1.82, 2.24) is 4.98 Å². The zero-order valence-electron chi connectivity index (χ0n) is 8.40. The molecule has 80 valence electrons. The van der Waals surface area contributed by atoms with E-state index in [1.807, 2.05) is 0 Å². The minimum absolute atomic E-state index is 0.177. The summed E-state index contributed by atoms with van der Waals surface area (Å²) in [4.78, 5) is 14.6.